The number of nitrogens with one attached hydrogen (secondary N) is 1. The number of Topliss-reactive ketones (excluding diaryl/α,β-unsaturated/α-hetero) is 1. The van der Waals surface area contributed by atoms with Crippen molar-refractivity contribution in [3.63, 3.8) is 0 Å². The Hall–Kier alpha value is -2.17. The predicted octanol–water partition coefficient (Wildman–Crippen LogP) is 3.43. The van der Waals surface area contributed by atoms with E-state index in [1.165, 1.54) is 0 Å². The summed E-state index contributed by atoms with van der Waals surface area (Å²) >= 11 is 0. The Kier molecular flexibility index (Phi) is 5.74. The molecule has 2 bridgehead atoms. The molecule has 1 amide bonds. The summed E-state index contributed by atoms with van der Waals surface area (Å²) in [6.07, 6.45) is 4.80. The minimum Gasteiger partial charge on any atom is -0.455 e. The molecule has 0 aliphatic heterocycles. The van der Waals surface area contributed by atoms with E-state index in [1.54, 1.807) is 0 Å². The zero-order valence-corrected chi connectivity index (χ0v) is 15.5. The molecular formula is C21H27NO4. The van der Waals surface area contributed by atoms with Crippen LogP contribution >= 0.6 is 0 Å². The Morgan fingerprint density at radius 3 is 2.54 bits per heavy atom. The molecule has 2 atom stereocenters. The van der Waals surface area contributed by atoms with Crippen molar-refractivity contribution in [2.75, 3.05) is 11.9 Å². The second-order valence-electron chi connectivity index (χ2n) is 7.51. The molecule has 2 saturated carbocycles. The minimum atomic E-state index is -0.343. The first-order valence-corrected chi connectivity index (χ1v) is 9.58. The summed E-state index contributed by atoms with van der Waals surface area (Å²) < 4.78 is 5.27. The quantitative estimate of drug-likeness (QED) is 0.820. The lowest BCUT2D eigenvalue weighted by atomic mass is 9.67. The van der Waals surface area contributed by atoms with Crippen LogP contribution in [0.15, 0.2) is 18.2 Å². The number of ketones is 1. The zero-order chi connectivity index (χ0) is 18.7. The van der Waals surface area contributed by atoms with Crippen LogP contribution in [0.4, 0.5) is 5.69 Å². The third kappa shape index (κ3) is 3.97. The van der Waals surface area contributed by atoms with Crippen molar-refractivity contribution in [2.24, 2.45) is 17.8 Å². The number of rotatable bonds is 5. The standard InChI is InChI=1S/C21H27NO4/c1-3-14-7-4-6-13(2)19(14)22-18(23)12-26-21(25)17-10-15-8-5-9-16(11-17)20(15)24/h4,6-7,15-17H,3,5,8-12H2,1-2H3,(H,22,23)/t15-,16-/m0/s1. The highest BCUT2D eigenvalue weighted by molar-refractivity contribution is 5.94. The summed E-state index contributed by atoms with van der Waals surface area (Å²) in [4.78, 5) is 36.7. The number of benzene rings is 1. The maximum Gasteiger partial charge on any atom is 0.309 e. The second-order valence-corrected chi connectivity index (χ2v) is 7.51. The summed E-state index contributed by atoms with van der Waals surface area (Å²) in [5.74, 6) is -0.578. The van der Waals surface area contributed by atoms with Crippen LogP contribution in [0, 0.1) is 24.7 Å². The van der Waals surface area contributed by atoms with Crippen LogP contribution in [0.5, 0.6) is 0 Å². The highest BCUT2D eigenvalue weighted by Gasteiger charge is 2.41. The number of fused-ring (bicyclic) bond motifs is 2. The molecule has 0 radical (unpaired) electrons. The van der Waals surface area contributed by atoms with E-state index in [2.05, 4.69) is 5.32 Å². The highest BCUT2D eigenvalue weighted by atomic mass is 16.5. The van der Waals surface area contributed by atoms with Crippen molar-refractivity contribution >= 4 is 23.3 Å². The molecule has 0 unspecified atom stereocenters. The normalized spacial score (nSPS) is 24.8. The first kappa shape index (κ1) is 18.6. The summed E-state index contributed by atoms with van der Waals surface area (Å²) in [5, 5.41) is 2.86. The number of aryl methyl sites for hydroxylation is 2. The molecule has 2 fully saturated rings. The highest BCUT2D eigenvalue weighted by Crippen LogP contribution is 2.40. The van der Waals surface area contributed by atoms with Gasteiger partial charge in [0.2, 0.25) is 0 Å². The smallest absolute Gasteiger partial charge is 0.309 e. The summed E-state index contributed by atoms with van der Waals surface area (Å²) in [7, 11) is 0. The van der Waals surface area contributed by atoms with Gasteiger partial charge in [0.25, 0.3) is 5.91 Å². The van der Waals surface area contributed by atoms with Crippen LogP contribution in [0.25, 0.3) is 0 Å². The van der Waals surface area contributed by atoms with Crippen LogP contribution in [0.1, 0.15) is 50.2 Å². The molecule has 2 aliphatic carbocycles. The number of amides is 1. The number of anilines is 1. The number of para-hydroxylation sites is 1. The summed E-state index contributed by atoms with van der Waals surface area (Å²) in [6, 6.07) is 5.89. The molecule has 0 heterocycles. The number of ether oxygens (including phenoxy) is 1. The van der Waals surface area contributed by atoms with E-state index in [1.807, 2.05) is 32.0 Å². The third-order valence-electron chi connectivity index (χ3n) is 5.73. The molecule has 3 rings (SSSR count). The fourth-order valence-corrected chi connectivity index (χ4v) is 4.30. The summed E-state index contributed by atoms with van der Waals surface area (Å²) in [5.41, 5.74) is 2.85. The van der Waals surface area contributed by atoms with Crippen molar-refractivity contribution in [1.82, 2.24) is 0 Å². The lowest BCUT2D eigenvalue weighted by molar-refractivity contribution is -0.155. The van der Waals surface area contributed by atoms with E-state index in [-0.39, 0.29) is 36.2 Å². The van der Waals surface area contributed by atoms with Gasteiger partial charge in [-0.2, -0.15) is 0 Å². The molecule has 26 heavy (non-hydrogen) atoms. The maximum absolute atomic E-state index is 12.4. The van der Waals surface area contributed by atoms with Crippen molar-refractivity contribution < 1.29 is 19.1 Å². The van der Waals surface area contributed by atoms with Gasteiger partial charge in [0, 0.05) is 17.5 Å². The van der Waals surface area contributed by atoms with E-state index >= 15 is 0 Å². The number of hydrogen-bond donors (Lipinski definition) is 1. The number of carbonyl (C=O) groups is 3. The monoisotopic (exact) mass is 357 g/mol. The Morgan fingerprint density at radius 2 is 1.88 bits per heavy atom. The number of hydrogen-bond acceptors (Lipinski definition) is 4. The molecule has 0 spiro atoms. The van der Waals surface area contributed by atoms with E-state index in [0.29, 0.717) is 18.6 Å². The average Bonchev–Trinajstić information content (AvgIpc) is 2.61. The topological polar surface area (TPSA) is 72.5 Å². The van der Waals surface area contributed by atoms with Crippen LogP contribution in [-0.4, -0.2) is 24.3 Å². The Morgan fingerprint density at radius 1 is 1.19 bits per heavy atom. The van der Waals surface area contributed by atoms with E-state index in [0.717, 1.165) is 42.5 Å². The van der Waals surface area contributed by atoms with Crippen molar-refractivity contribution in [2.45, 2.75) is 52.4 Å². The molecule has 0 aromatic heterocycles. The fourth-order valence-electron chi connectivity index (χ4n) is 4.30. The molecule has 5 heteroatoms. The minimum absolute atomic E-state index is 0.00737. The van der Waals surface area contributed by atoms with Crippen LogP contribution < -0.4 is 5.32 Å². The van der Waals surface area contributed by atoms with Gasteiger partial charge in [-0.3, -0.25) is 14.4 Å². The fraction of sp³-hybridized carbons (Fsp3) is 0.571. The SMILES string of the molecule is CCc1cccc(C)c1NC(=O)COC(=O)C1C[C@@H]2CCC[C@@H](C1)C2=O. The molecule has 2 aliphatic rings. The molecule has 0 saturated heterocycles. The van der Waals surface area contributed by atoms with Crippen LogP contribution in [0.3, 0.4) is 0 Å². The predicted molar refractivity (Wildman–Crippen MR) is 98.7 cm³/mol. The zero-order valence-electron chi connectivity index (χ0n) is 15.5. The van der Waals surface area contributed by atoms with Gasteiger partial charge in [0.1, 0.15) is 5.78 Å². The number of carbonyl (C=O) groups excluding carboxylic acids is 3. The van der Waals surface area contributed by atoms with Gasteiger partial charge in [-0.15, -0.1) is 0 Å². The molecular weight excluding hydrogens is 330 g/mol. The van der Waals surface area contributed by atoms with E-state index in [9.17, 15) is 14.4 Å². The molecule has 140 valence electrons. The second kappa shape index (κ2) is 8.02. The summed E-state index contributed by atoms with van der Waals surface area (Å²) in [6.45, 7) is 3.69. The van der Waals surface area contributed by atoms with Crippen molar-refractivity contribution in [3.05, 3.63) is 29.3 Å². The molecule has 1 aromatic rings. The van der Waals surface area contributed by atoms with Gasteiger partial charge >= 0.3 is 5.97 Å². The van der Waals surface area contributed by atoms with E-state index in [4.69, 9.17) is 4.74 Å². The third-order valence-corrected chi connectivity index (χ3v) is 5.73. The maximum atomic E-state index is 12.4. The van der Waals surface area contributed by atoms with Crippen LogP contribution in [0.2, 0.25) is 0 Å². The Labute approximate surface area is 154 Å². The van der Waals surface area contributed by atoms with Gasteiger partial charge < -0.3 is 10.1 Å². The first-order valence-electron chi connectivity index (χ1n) is 9.58. The van der Waals surface area contributed by atoms with Crippen LogP contribution in [-0.2, 0) is 25.5 Å². The molecule has 1 N–H and O–H groups in total. The van der Waals surface area contributed by atoms with Gasteiger partial charge in [0.05, 0.1) is 5.92 Å². The van der Waals surface area contributed by atoms with E-state index < -0.39 is 0 Å². The largest absolute Gasteiger partial charge is 0.455 e. The number of esters is 1. The van der Waals surface area contributed by atoms with Gasteiger partial charge in [-0.05, 0) is 50.2 Å². The lowest BCUT2D eigenvalue weighted by Gasteiger charge is -2.36. The van der Waals surface area contributed by atoms with Gasteiger partial charge in [0.15, 0.2) is 6.61 Å². The van der Waals surface area contributed by atoms with Crippen molar-refractivity contribution in [1.29, 1.82) is 0 Å². The molecule has 5 nitrogen and oxygen atoms in total. The first-order chi connectivity index (χ1) is 12.5. The average molecular weight is 357 g/mol. The van der Waals surface area contributed by atoms with Crippen molar-refractivity contribution in [3.8, 4) is 0 Å². The Bertz CT molecular complexity index is 696. The van der Waals surface area contributed by atoms with Gasteiger partial charge in [-0.25, -0.2) is 0 Å². The lowest BCUT2D eigenvalue weighted by Crippen LogP contribution is -2.40. The molecule has 1 aromatic carbocycles. The Balaban J connectivity index is 1.53. The van der Waals surface area contributed by atoms with Gasteiger partial charge in [-0.1, -0.05) is 31.5 Å².